The minimum atomic E-state index is 1.01. The Morgan fingerprint density at radius 3 is 2.07 bits per heavy atom. The highest BCUT2D eigenvalue weighted by molar-refractivity contribution is 5.06. The molecular formula is C14H23. The van der Waals surface area contributed by atoms with E-state index >= 15 is 0 Å². The third-order valence-electron chi connectivity index (χ3n) is 5.64. The number of rotatable bonds is 2. The van der Waals surface area contributed by atoms with E-state index in [4.69, 9.17) is 0 Å². The molecule has 0 aromatic rings. The van der Waals surface area contributed by atoms with Crippen molar-refractivity contribution in [1.29, 1.82) is 0 Å². The molecule has 0 nitrogen and oxygen atoms in total. The topological polar surface area (TPSA) is 0 Å². The van der Waals surface area contributed by atoms with E-state index in [9.17, 15) is 0 Å². The third kappa shape index (κ3) is 1.19. The molecule has 0 aromatic heterocycles. The fraction of sp³-hybridized carbons (Fsp3) is 0.929. The average Bonchev–Trinajstić information content (AvgIpc) is 2.87. The zero-order valence-corrected chi connectivity index (χ0v) is 9.63. The molecule has 0 spiro atoms. The zero-order chi connectivity index (χ0) is 9.71. The first-order valence-corrected chi connectivity index (χ1v) is 6.62. The van der Waals surface area contributed by atoms with E-state index in [0.29, 0.717) is 0 Å². The van der Waals surface area contributed by atoms with Gasteiger partial charge in [-0.3, -0.25) is 0 Å². The Hall–Kier alpha value is 0. The van der Waals surface area contributed by atoms with E-state index in [-0.39, 0.29) is 0 Å². The number of hydrogen-bond acceptors (Lipinski definition) is 0. The molecular weight excluding hydrogens is 168 g/mol. The molecule has 1 radical (unpaired) electrons. The molecule has 3 fully saturated rings. The summed E-state index contributed by atoms with van der Waals surface area (Å²) in [7, 11) is 0. The van der Waals surface area contributed by atoms with Crippen molar-refractivity contribution >= 4 is 0 Å². The normalized spacial score (nSPS) is 50.4. The predicted octanol–water partition coefficient (Wildman–Crippen LogP) is 4.06. The molecule has 0 aromatic carbocycles. The Kier molecular flexibility index (Phi) is 2.15. The van der Waals surface area contributed by atoms with Crippen molar-refractivity contribution < 1.29 is 0 Å². The van der Waals surface area contributed by atoms with Crippen molar-refractivity contribution in [3.05, 3.63) is 5.92 Å². The smallest absolute Gasteiger partial charge is 0.0244 e. The van der Waals surface area contributed by atoms with Gasteiger partial charge in [0.25, 0.3) is 0 Å². The average molecular weight is 191 g/mol. The van der Waals surface area contributed by atoms with Gasteiger partial charge >= 0.3 is 0 Å². The Labute approximate surface area is 88.5 Å². The Bertz CT molecular complexity index is 202. The van der Waals surface area contributed by atoms with Crippen molar-refractivity contribution in [2.24, 2.45) is 29.6 Å². The lowest BCUT2D eigenvalue weighted by Crippen LogP contribution is -2.15. The highest BCUT2D eigenvalue weighted by Gasteiger charge is 2.52. The van der Waals surface area contributed by atoms with E-state index in [1.54, 1.807) is 38.0 Å². The van der Waals surface area contributed by atoms with Gasteiger partial charge < -0.3 is 0 Å². The van der Waals surface area contributed by atoms with Gasteiger partial charge in [-0.2, -0.15) is 0 Å². The predicted molar refractivity (Wildman–Crippen MR) is 59.7 cm³/mol. The standard InChI is InChI=1S/C14H23/c1-3-9(2)12-7-13-10-4-5-11(6-10)14(13)8-12/h10-14H,3-8H2,1-2H3. The maximum absolute atomic E-state index is 2.40. The molecule has 0 aliphatic heterocycles. The van der Waals surface area contributed by atoms with Crippen molar-refractivity contribution in [2.75, 3.05) is 0 Å². The van der Waals surface area contributed by atoms with E-state index in [0.717, 1.165) is 29.6 Å². The van der Waals surface area contributed by atoms with Crippen LogP contribution in [0.5, 0.6) is 0 Å². The Balaban J connectivity index is 1.70. The van der Waals surface area contributed by atoms with Gasteiger partial charge in [0.2, 0.25) is 0 Å². The molecule has 4 atom stereocenters. The second kappa shape index (κ2) is 3.25. The molecule has 3 aliphatic rings. The zero-order valence-electron chi connectivity index (χ0n) is 9.63. The van der Waals surface area contributed by atoms with Gasteiger partial charge in [-0.05, 0) is 74.0 Å². The van der Waals surface area contributed by atoms with Crippen LogP contribution in [0.3, 0.4) is 0 Å². The van der Waals surface area contributed by atoms with Gasteiger partial charge in [-0.25, -0.2) is 0 Å². The highest BCUT2D eigenvalue weighted by atomic mass is 14.6. The molecule has 4 unspecified atom stereocenters. The summed E-state index contributed by atoms with van der Waals surface area (Å²) in [4.78, 5) is 0. The van der Waals surface area contributed by atoms with Crippen molar-refractivity contribution in [3.8, 4) is 0 Å². The molecule has 3 aliphatic carbocycles. The molecule has 0 heterocycles. The summed E-state index contributed by atoms with van der Waals surface area (Å²) in [5.41, 5.74) is 0. The molecule has 0 saturated heterocycles. The number of fused-ring (bicyclic) bond motifs is 5. The van der Waals surface area contributed by atoms with Crippen LogP contribution in [0.25, 0.3) is 0 Å². The minimum Gasteiger partial charge on any atom is -0.0648 e. The van der Waals surface area contributed by atoms with Crippen LogP contribution in [-0.4, -0.2) is 0 Å². The summed E-state index contributed by atoms with van der Waals surface area (Å²) in [6.07, 6.45) is 9.19. The molecule has 0 heteroatoms. The Morgan fingerprint density at radius 1 is 1.00 bits per heavy atom. The van der Waals surface area contributed by atoms with E-state index in [1.165, 1.54) is 6.42 Å². The minimum absolute atomic E-state index is 1.01. The molecule has 0 N–H and O–H groups in total. The van der Waals surface area contributed by atoms with E-state index < -0.39 is 0 Å². The lowest BCUT2D eigenvalue weighted by molar-refractivity contribution is 0.259. The molecule has 14 heavy (non-hydrogen) atoms. The van der Waals surface area contributed by atoms with Gasteiger partial charge in [0.05, 0.1) is 0 Å². The van der Waals surface area contributed by atoms with Crippen LogP contribution in [0.1, 0.15) is 52.4 Å². The second-order valence-electron chi connectivity index (χ2n) is 6.03. The monoisotopic (exact) mass is 191 g/mol. The largest absolute Gasteiger partial charge is 0.0648 e. The van der Waals surface area contributed by atoms with Crippen LogP contribution in [-0.2, 0) is 0 Å². The van der Waals surface area contributed by atoms with Crippen LogP contribution in [0.15, 0.2) is 0 Å². The first-order valence-electron chi connectivity index (χ1n) is 6.62. The van der Waals surface area contributed by atoms with Gasteiger partial charge in [0.1, 0.15) is 0 Å². The fourth-order valence-electron chi connectivity index (χ4n) is 4.71. The van der Waals surface area contributed by atoms with Crippen molar-refractivity contribution in [3.63, 3.8) is 0 Å². The van der Waals surface area contributed by atoms with Crippen molar-refractivity contribution in [1.82, 2.24) is 0 Å². The lowest BCUT2D eigenvalue weighted by atomic mass is 9.82. The number of hydrogen-bond donors (Lipinski definition) is 0. The summed E-state index contributed by atoms with van der Waals surface area (Å²) in [5.74, 6) is 7.41. The first kappa shape index (κ1) is 9.24. The summed E-state index contributed by atoms with van der Waals surface area (Å²) >= 11 is 0. The SMILES string of the molecule is CC[C](C)C1CC2C3CCC(C3)C2C1. The summed E-state index contributed by atoms with van der Waals surface area (Å²) in [6, 6.07) is 0. The third-order valence-corrected chi connectivity index (χ3v) is 5.64. The molecule has 3 saturated carbocycles. The van der Waals surface area contributed by atoms with E-state index in [2.05, 4.69) is 13.8 Å². The van der Waals surface area contributed by atoms with Crippen LogP contribution < -0.4 is 0 Å². The second-order valence-corrected chi connectivity index (χ2v) is 6.03. The quantitative estimate of drug-likeness (QED) is 0.617. The van der Waals surface area contributed by atoms with Crippen molar-refractivity contribution in [2.45, 2.75) is 52.4 Å². The molecule has 3 rings (SSSR count). The first-order chi connectivity index (χ1) is 6.79. The van der Waals surface area contributed by atoms with Gasteiger partial charge in [-0.15, -0.1) is 0 Å². The van der Waals surface area contributed by atoms with Crippen LogP contribution in [0, 0.1) is 35.5 Å². The molecule has 2 bridgehead atoms. The Morgan fingerprint density at radius 2 is 1.57 bits per heavy atom. The van der Waals surface area contributed by atoms with Crippen LogP contribution in [0.4, 0.5) is 0 Å². The lowest BCUT2D eigenvalue weighted by Gasteiger charge is -2.23. The highest BCUT2D eigenvalue weighted by Crippen LogP contribution is 2.61. The summed E-state index contributed by atoms with van der Waals surface area (Å²) in [6.45, 7) is 4.73. The maximum atomic E-state index is 2.40. The van der Waals surface area contributed by atoms with Crippen LogP contribution >= 0.6 is 0 Å². The van der Waals surface area contributed by atoms with Gasteiger partial charge in [0.15, 0.2) is 0 Å². The maximum Gasteiger partial charge on any atom is -0.0244 e. The molecule has 79 valence electrons. The molecule has 0 amide bonds. The fourth-order valence-corrected chi connectivity index (χ4v) is 4.71. The van der Waals surface area contributed by atoms with Gasteiger partial charge in [-0.1, -0.05) is 13.8 Å². The summed E-state index contributed by atoms with van der Waals surface area (Å²) < 4.78 is 0. The van der Waals surface area contributed by atoms with Crippen LogP contribution in [0.2, 0.25) is 0 Å². The van der Waals surface area contributed by atoms with E-state index in [1.807, 2.05) is 0 Å². The van der Waals surface area contributed by atoms with Gasteiger partial charge in [0, 0.05) is 0 Å². The summed E-state index contributed by atoms with van der Waals surface area (Å²) in [5, 5.41) is 0.